The number of unbranched alkanes of at least 4 members (excludes halogenated alkanes) is 28. The lowest BCUT2D eigenvalue weighted by Gasteiger charge is -2.11. The number of hydrogen-bond donors (Lipinski definition) is 1. The van der Waals surface area contributed by atoms with Gasteiger partial charge >= 0.3 is 11.9 Å². The minimum Gasteiger partial charge on any atom is -0.462 e. The van der Waals surface area contributed by atoms with E-state index in [1.165, 1.54) is 167 Å². The van der Waals surface area contributed by atoms with Crippen LogP contribution in [0.15, 0.2) is 47.4 Å². The normalized spacial score (nSPS) is 11.9. The van der Waals surface area contributed by atoms with Gasteiger partial charge in [-0.05, 0) is 82.4 Å². The standard InChI is InChI=1S/C48H82O7S/c1-3-5-7-9-11-13-15-17-19-21-23-25-27-29-31-33-35-37-41-54-47(49)45-40-39-44(56(51,52)53)43-46(45)48(50)55-42-38-36-34-32-30-28-26-24-22-20-18-16-14-12-10-8-6-4-2/h13-16,39-40,43H,3-12,17-38,41-42H2,1-2H3,(H,51,52,53)/b15-13+,16-14+. The summed E-state index contributed by atoms with van der Waals surface area (Å²) in [6.07, 6.45) is 48.0. The quantitative estimate of drug-likeness (QED) is 0.0306. The minimum absolute atomic E-state index is 0.0601. The van der Waals surface area contributed by atoms with Crippen LogP contribution in [-0.2, 0) is 19.6 Å². The number of carbonyl (C=O) groups is 2. The molecule has 0 aliphatic heterocycles. The van der Waals surface area contributed by atoms with Gasteiger partial charge in [0.15, 0.2) is 0 Å². The van der Waals surface area contributed by atoms with Gasteiger partial charge in [0.25, 0.3) is 10.1 Å². The lowest BCUT2D eigenvalue weighted by atomic mass is 10.1. The molecule has 0 spiro atoms. The van der Waals surface area contributed by atoms with E-state index in [0.717, 1.165) is 50.7 Å². The van der Waals surface area contributed by atoms with Crippen LogP contribution in [0.1, 0.15) is 240 Å². The SMILES string of the molecule is CCCCCC/C=C/CCCCCCCCCCCCOC(=O)c1ccc(S(=O)(=O)O)cc1C(=O)OCCCCCCCCCCCC/C=C/CCCCCC. The molecule has 8 heteroatoms. The van der Waals surface area contributed by atoms with Crippen molar-refractivity contribution in [3.8, 4) is 0 Å². The molecule has 0 aliphatic rings. The Kier molecular flexibility index (Phi) is 33.9. The van der Waals surface area contributed by atoms with Crippen molar-refractivity contribution in [1.29, 1.82) is 0 Å². The highest BCUT2D eigenvalue weighted by atomic mass is 32.2. The number of hydrogen-bond acceptors (Lipinski definition) is 6. The van der Waals surface area contributed by atoms with Gasteiger partial charge in [-0.2, -0.15) is 8.42 Å². The smallest absolute Gasteiger partial charge is 0.339 e. The Balaban J connectivity index is 2.19. The monoisotopic (exact) mass is 803 g/mol. The van der Waals surface area contributed by atoms with Gasteiger partial charge in [-0.3, -0.25) is 4.55 Å². The topological polar surface area (TPSA) is 107 Å². The zero-order chi connectivity index (χ0) is 40.8. The van der Waals surface area contributed by atoms with Crippen LogP contribution >= 0.6 is 0 Å². The first-order chi connectivity index (χ1) is 27.3. The van der Waals surface area contributed by atoms with Crippen molar-refractivity contribution in [1.82, 2.24) is 0 Å². The fourth-order valence-corrected chi connectivity index (χ4v) is 7.43. The number of benzene rings is 1. The number of allylic oxidation sites excluding steroid dienone is 4. The van der Waals surface area contributed by atoms with Crippen molar-refractivity contribution in [3.63, 3.8) is 0 Å². The lowest BCUT2D eigenvalue weighted by molar-refractivity contribution is 0.0450. The summed E-state index contributed by atoms with van der Waals surface area (Å²) in [5, 5.41) is 0. The average molecular weight is 803 g/mol. The molecular weight excluding hydrogens is 721 g/mol. The first-order valence-electron chi connectivity index (χ1n) is 23.1. The summed E-state index contributed by atoms with van der Waals surface area (Å²) in [7, 11) is -4.57. The summed E-state index contributed by atoms with van der Waals surface area (Å²) in [5.74, 6) is -1.50. The van der Waals surface area contributed by atoms with Gasteiger partial charge in [-0.1, -0.05) is 179 Å². The fraction of sp³-hybridized carbons (Fsp3) is 0.750. The number of carbonyl (C=O) groups excluding carboxylic acids is 2. The fourth-order valence-electron chi connectivity index (χ4n) is 6.92. The number of ether oxygens (including phenoxy) is 2. The van der Waals surface area contributed by atoms with Gasteiger partial charge in [0.05, 0.1) is 29.2 Å². The third-order valence-corrected chi connectivity index (χ3v) is 11.4. The number of esters is 2. The Morgan fingerprint density at radius 1 is 0.464 bits per heavy atom. The molecule has 322 valence electrons. The average Bonchev–Trinajstić information content (AvgIpc) is 3.18. The molecule has 0 aliphatic carbocycles. The molecule has 0 bridgehead atoms. The second-order valence-corrected chi connectivity index (χ2v) is 17.2. The van der Waals surface area contributed by atoms with E-state index in [-0.39, 0.29) is 24.3 Å². The predicted molar refractivity (Wildman–Crippen MR) is 234 cm³/mol. The lowest BCUT2D eigenvalue weighted by Crippen LogP contribution is -2.16. The Labute approximate surface area is 344 Å². The first kappa shape index (κ1) is 51.6. The molecule has 1 N–H and O–H groups in total. The molecule has 7 nitrogen and oxygen atoms in total. The highest BCUT2D eigenvalue weighted by Gasteiger charge is 2.23. The van der Waals surface area contributed by atoms with E-state index in [1.54, 1.807) is 0 Å². The molecule has 0 unspecified atom stereocenters. The Bertz CT molecular complexity index is 1270. The third kappa shape index (κ3) is 29.7. The second-order valence-electron chi connectivity index (χ2n) is 15.7. The summed E-state index contributed by atoms with van der Waals surface area (Å²) in [6.45, 7) is 4.90. The van der Waals surface area contributed by atoms with Crippen LogP contribution < -0.4 is 0 Å². The van der Waals surface area contributed by atoms with Crippen molar-refractivity contribution >= 4 is 22.1 Å². The van der Waals surface area contributed by atoms with Gasteiger partial charge in [-0.25, -0.2) is 9.59 Å². The van der Waals surface area contributed by atoms with E-state index >= 15 is 0 Å². The largest absolute Gasteiger partial charge is 0.462 e. The summed E-state index contributed by atoms with van der Waals surface area (Å²) in [6, 6.07) is 3.31. The van der Waals surface area contributed by atoms with Gasteiger partial charge in [0, 0.05) is 0 Å². The molecule has 1 rings (SSSR count). The summed E-state index contributed by atoms with van der Waals surface area (Å²) < 4.78 is 44.0. The Morgan fingerprint density at radius 3 is 1.11 bits per heavy atom. The van der Waals surface area contributed by atoms with Crippen LogP contribution in [0.25, 0.3) is 0 Å². The molecular formula is C48H82O7S. The van der Waals surface area contributed by atoms with Crippen LogP contribution in [0.4, 0.5) is 0 Å². The van der Waals surface area contributed by atoms with E-state index in [2.05, 4.69) is 38.2 Å². The molecule has 56 heavy (non-hydrogen) atoms. The second kappa shape index (κ2) is 36.9. The number of rotatable bonds is 39. The van der Waals surface area contributed by atoms with Gasteiger partial charge < -0.3 is 9.47 Å². The summed E-state index contributed by atoms with van der Waals surface area (Å²) in [4.78, 5) is 25.4. The van der Waals surface area contributed by atoms with Gasteiger partial charge in [-0.15, -0.1) is 0 Å². The Hall–Kier alpha value is -2.45. The minimum atomic E-state index is -4.57. The van der Waals surface area contributed by atoms with Crippen molar-refractivity contribution < 1.29 is 32.0 Å². The molecule has 0 saturated carbocycles. The maximum atomic E-state index is 13.0. The third-order valence-electron chi connectivity index (χ3n) is 10.5. The molecule has 0 heterocycles. The Morgan fingerprint density at radius 2 is 0.768 bits per heavy atom. The molecule has 0 amide bonds. The maximum Gasteiger partial charge on any atom is 0.339 e. The van der Waals surface area contributed by atoms with Crippen LogP contribution in [-0.4, -0.2) is 38.1 Å². The van der Waals surface area contributed by atoms with Gasteiger partial charge in [0.2, 0.25) is 0 Å². The molecule has 0 saturated heterocycles. The molecule has 0 aromatic heterocycles. The van der Waals surface area contributed by atoms with Gasteiger partial charge in [0.1, 0.15) is 0 Å². The summed E-state index contributed by atoms with van der Waals surface area (Å²) >= 11 is 0. The molecule has 0 atom stereocenters. The zero-order valence-corrected chi connectivity index (χ0v) is 36.7. The van der Waals surface area contributed by atoms with Crippen LogP contribution in [0.3, 0.4) is 0 Å². The van der Waals surface area contributed by atoms with Crippen molar-refractivity contribution in [2.45, 2.75) is 224 Å². The van der Waals surface area contributed by atoms with E-state index < -0.39 is 27.0 Å². The first-order valence-corrected chi connectivity index (χ1v) is 24.5. The molecule has 1 aromatic carbocycles. The predicted octanol–water partition coefficient (Wildman–Crippen LogP) is 14.9. The zero-order valence-electron chi connectivity index (χ0n) is 35.9. The molecule has 0 radical (unpaired) electrons. The molecule has 0 fully saturated rings. The van der Waals surface area contributed by atoms with E-state index in [1.807, 2.05) is 0 Å². The van der Waals surface area contributed by atoms with Crippen molar-refractivity contribution in [3.05, 3.63) is 53.6 Å². The summed E-state index contributed by atoms with van der Waals surface area (Å²) in [5.41, 5.74) is -0.270. The van der Waals surface area contributed by atoms with Crippen LogP contribution in [0, 0.1) is 0 Å². The van der Waals surface area contributed by atoms with E-state index in [0.29, 0.717) is 6.42 Å². The van der Waals surface area contributed by atoms with Crippen LogP contribution in [0.2, 0.25) is 0 Å². The van der Waals surface area contributed by atoms with Crippen molar-refractivity contribution in [2.75, 3.05) is 13.2 Å². The van der Waals surface area contributed by atoms with E-state index in [4.69, 9.17) is 9.47 Å². The van der Waals surface area contributed by atoms with E-state index in [9.17, 15) is 22.6 Å². The molecule has 1 aromatic rings. The maximum absolute atomic E-state index is 13.0. The van der Waals surface area contributed by atoms with Crippen molar-refractivity contribution in [2.24, 2.45) is 0 Å². The van der Waals surface area contributed by atoms with Crippen LogP contribution in [0.5, 0.6) is 0 Å². The highest BCUT2D eigenvalue weighted by molar-refractivity contribution is 7.85. The highest BCUT2D eigenvalue weighted by Crippen LogP contribution is 2.20.